The molecule has 0 aliphatic carbocycles. The maximum absolute atomic E-state index is 12.2. The van der Waals surface area contributed by atoms with Gasteiger partial charge in [0.2, 0.25) is 0 Å². The molecule has 2 rings (SSSR count). The van der Waals surface area contributed by atoms with E-state index >= 15 is 0 Å². The molecular weight excluding hydrogens is 228 g/mol. The molecule has 4 nitrogen and oxygen atoms in total. The molecule has 0 unspecified atom stereocenters. The van der Waals surface area contributed by atoms with Gasteiger partial charge in [-0.2, -0.15) is 0 Å². The van der Waals surface area contributed by atoms with Crippen LogP contribution in [-0.4, -0.2) is 40.1 Å². The first kappa shape index (κ1) is 12.6. The minimum absolute atomic E-state index is 0.0831. The number of nitrogens with zero attached hydrogens (tertiary/aromatic N) is 1. The number of hydrogen-bond acceptors (Lipinski definition) is 2. The molecule has 0 fully saturated rings. The number of carbonyl (C=O) groups excluding carboxylic acids is 1. The van der Waals surface area contributed by atoms with Crippen molar-refractivity contribution in [2.45, 2.75) is 19.4 Å². The summed E-state index contributed by atoms with van der Waals surface area (Å²) in [4.78, 5) is 16.8. The summed E-state index contributed by atoms with van der Waals surface area (Å²) in [5, 5.41) is 10.7. The summed E-state index contributed by atoms with van der Waals surface area (Å²) in [5.74, 6) is -0.0831. The van der Waals surface area contributed by atoms with Gasteiger partial charge < -0.3 is 15.0 Å². The van der Waals surface area contributed by atoms with E-state index < -0.39 is 5.60 Å². The van der Waals surface area contributed by atoms with Crippen LogP contribution in [0.4, 0.5) is 0 Å². The normalized spacial score (nSPS) is 11.8. The molecule has 2 N–H and O–H groups in total. The number of rotatable bonds is 3. The molecule has 96 valence electrons. The monoisotopic (exact) mass is 246 g/mol. The molecule has 18 heavy (non-hydrogen) atoms. The Balaban J connectivity index is 2.22. The topological polar surface area (TPSA) is 56.3 Å². The van der Waals surface area contributed by atoms with Crippen molar-refractivity contribution in [3.05, 3.63) is 36.0 Å². The Morgan fingerprint density at radius 2 is 2.11 bits per heavy atom. The SMILES string of the molecule is CN(CC(C)(C)O)C(=O)c1ccc2[nH]ccc2c1. The largest absolute Gasteiger partial charge is 0.389 e. The van der Waals surface area contributed by atoms with Crippen molar-refractivity contribution in [2.24, 2.45) is 0 Å². The summed E-state index contributed by atoms with van der Waals surface area (Å²) in [6.07, 6.45) is 1.85. The number of H-pyrrole nitrogens is 1. The summed E-state index contributed by atoms with van der Waals surface area (Å²) < 4.78 is 0. The number of carbonyl (C=O) groups is 1. The Morgan fingerprint density at radius 1 is 1.39 bits per heavy atom. The molecule has 0 saturated carbocycles. The number of fused-ring (bicyclic) bond motifs is 1. The van der Waals surface area contributed by atoms with Crippen LogP contribution in [0.25, 0.3) is 10.9 Å². The van der Waals surface area contributed by atoms with E-state index in [2.05, 4.69) is 4.98 Å². The third-order valence-corrected chi connectivity index (χ3v) is 2.77. The number of amides is 1. The molecule has 1 heterocycles. The van der Waals surface area contributed by atoms with Crippen molar-refractivity contribution < 1.29 is 9.90 Å². The maximum Gasteiger partial charge on any atom is 0.253 e. The van der Waals surface area contributed by atoms with Crippen molar-refractivity contribution in [1.29, 1.82) is 0 Å². The first-order valence-corrected chi connectivity index (χ1v) is 5.92. The third-order valence-electron chi connectivity index (χ3n) is 2.77. The van der Waals surface area contributed by atoms with E-state index in [0.29, 0.717) is 12.1 Å². The van der Waals surface area contributed by atoms with Crippen LogP contribution in [0.5, 0.6) is 0 Å². The van der Waals surface area contributed by atoms with E-state index in [1.807, 2.05) is 24.4 Å². The first-order valence-electron chi connectivity index (χ1n) is 5.92. The average Bonchev–Trinajstić information content (AvgIpc) is 2.72. The summed E-state index contributed by atoms with van der Waals surface area (Å²) in [6.45, 7) is 3.68. The summed E-state index contributed by atoms with van der Waals surface area (Å²) in [7, 11) is 1.70. The Labute approximate surface area is 106 Å². The molecule has 4 heteroatoms. The fourth-order valence-corrected chi connectivity index (χ4v) is 2.06. The van der Waals surface area contributed by atoms with E-state index in [1.165, 1.54) is 4.90 Å². The lowest BCUT2D eigenvalue weighted by Crippen LogP contribution is -2.39. The highest BCUT2D eigenvalue weighted by Gasteiger charge is 2.20. The van der Waals surface area contributed by atoms with E-state index in [0.717, 1.165) is 10.9 Å². The average molecular weight is 246 g/mol. The van der Waals surface area contributed by atoms with Crippen LogP contribution in [0, 0.1) is 0 Å². The number of aromatic nitrogens is 1. The number of likely N-dealkylation sites (N-methyl/N-ethyl adjacent to an activating group) is 1. The van der Waals surface area contributed by atoms with Gasteiger partial charge in [-0.15, -0.1) is 0 Å². The van der Waals surface area contributed by atoms with Gasteiger partial charge in [-0.25, -0.2) is 0 Å². The quantitative estimate of drug-likeness (QED) is 0.870. The molecule has 1 amide bonds. The maximum atomic E-state index is 12.2. The van der Waals surface area contributed by atoms with Gasteiger partial charge in [0.1, 0.15) is 0 Å². The zero-order valence-corrected chi connectivity index (χ0v) is 10.9. The van der Waals surface area contributed by atoms with Crippen LogP contribution in [0.1, 0.15) is 24.2 Å². The number of aliphatic hydroxyl groups is 1. The Bertz CT molecular complexity index is 566. The number of aromatic amines is 1. The fraction of sp³-hybridized carbons (Fsp3) is 0.357. The highest BCUT2D eigenvalue weighted by Crippen LogP contribution is 2.16. The zero-order chi connectivity index (χ0) is 13.3. The van der Waals surface area contributed by atoms with Gasteiger partial charge in [-0.3, -0.25) is 4.79 Å². The van der Waals surface area contributed by atoms with Crippen molar-refractivity contribution in [1.82, 2.24) is 9.88 Å². The van der Waals surface area contributed by atoms with Gasteiger partial charge in [0.25, 0.3) is 5.91 Å². The van der Waals surface area contributed by atoms with Gasteiger partial charge >= 0.3 is 0 Å². The predicted octanol–water partition coefficient (Wildman–Crippen LogP) is 2.01. The number of hydrogen-bond donors (Lipinski definition) is 2. The molecule has 2 aromatic rings. The first-order chi connectivity index (χ1) is 8.37. The smallest absolute Gasteiger partial charge is 0.253 e. The molecular formula is C14H18N2O2. The van der Waals surface area contributed by atoms with Crippen molar-refractivity contribution in [2.75, 3.05) is 13.6 Å². The van der Waals surface area contributed by atoms with Crippen molar-refractivity contribution >= 4 is 16.8 Å². The predicted molar refractivity (Wildman–Crippen MR) is 71.6 cm³/mol. The molecule has 1 aromatic heterocycles. The second kappa shape index (κ2) is 4.46. The molecule has 1 aromatic carbocycles. The number of nitrogens with one attached hydrogen (secondary N) is 1. The second-order valence-electron chi connectivity index (χ2n) is 5.25. The van der Waals surface area contributed by atoms with E-state index in [1.54, 1.807) is 27.0 Å². The van der Waals surface area contributed by atoms with Crippen LogP contribution in [-0.2, 0) is 0 Å². The molecule has 0 saturated heterocycles. The van der Waals surface area contributed by atoms with Crippen LogP contribution in [0.3, 0.4) is 0 Å². The molecule has 0 aliphatic heterocycles. The standard InChI is InChI=1S/C14H18N2O2/c1-14(2,18)9-16(3)13(17)11-4-5-12-10(8-11)6-7-15-12/h4-8,15,18H,9H2,1-3H3. The van der Waals surface area contributed by atoms with Gasteiger partial charge in [-0.05, 0) is 38.1 Å². The second-order valence-corrected chi connectivity index (χ2v) is 5.25. The van der Waals surface area contributed by atoms with Crippen LogP contribution in [0.2, 0.25) is 0 Å². The molecule has 0 spiro atoms. The summed E-state index contributed by atoms with van der Waals surface area (Å²) in [5.41, 5.74) is 0.758. The summed E-state index contributed by atoms with van der Waals surface area (Å²) >= 11 is 0. The summed E-state index contributed by atoms with van der Waals surface area (Å²) in [6, 6.07) is 7.47. The Kier molecular flexibility index (Phi) is 3.13. The highest BCUT2D eigenvalue weighted by atomic mass is 16.3. The Morgan fingerprint density at radius 3 is 2.78 bits per heavy atom. The molecule has 0 radical (unpaired) electrons. The van der Waals surface area contributed by atoms with E-state index in [4.69, 9.17) is 0 Å². The lowest BCUT2D eigenvalue weighted by Gasteiger charge is -2.25. The lowest BCUT2D eigenvalue weighted by atomic mass is 10.1. The van der Waals surface area contributed by atoms with Crippen LogP contribution >= 0.6 is 0 Å². The third kappa shape index (κ3) is 2.71. The fourth-order valence-electron chi connectivity index (χ4n) is 2.06. The molecule has 0 aliphatic rings. The molecule has 0 bridgehead atoms. The minimum atomic E-state index is -0.886. The van der Waals surface area contributed by atoms with Crippen molar-refractivity contribution in [3.63, 3.8) is 0 Å². The van der Waals surface area contributed by atoms with Gasteiger partial charge in [-0.1, -0.05) is 0 Å². The van der Waals surface area contributed by atoms with E-state index in [9.17, 15) is 9.90 Å². The van der Waals surface area contributed by atoms with E-state index in [-0.39, 0.29) is 5.91 Å². The Hall–Kier alpha value is -1.81. The van der Waals surface area contributed by atoms with Crippen LogP contribution in [0.15, 0.2) is 30.5 Å². The van der Waals surface area contributed by atoms with Crippen LogP contribution < -0.4 is 0 Å². The van der Waals surface area contributed by atoms with Gasteiger partial charge in [0, 0.05) is 36.3 Å². The highest BCUT2D eigenvalue weighted by molar-refractivity contribution is 5.97. The zero-order valence-electron chi connectivity index (χ0n) is 10.9. The lowest BCUT2D eigenvalue weighted by molar-refractivity contribution is 0.0368. The van der Waals surface area contributed by atoms with Gasteiger partial charge in [0.05, 0.1) is 5.60 Å². The molecule has 0 atom stereocenters. The van der Waals surface area contributed by atoms with Gasteiger partial charge in [0.15, 0.2) is 0 Å². The number of benzene rings is 1. The minimum Gasteiger partial charge on any atom is -0.389 e. The van der Waals surface area contributed by atoms with Crippen molar-refractivity contribution in [3.8, 4) is 0 Å².